The van der Waals surface area contributed by atoms with Crippen molar-refractivity contribution in [2.75, 3.05) is 12.3 Å². The van der Waals surface area contributed by atoms with E-state index in [1.54, 1.807) is 12.1 Å². The number of rotatable bonds is 5. The summed E-state index contributed by atoms with van der Waals surface area (Å²) in [5.41, 5.74) is 6.44. The van der Waals surface area contributed by atoms with Crippen LogP contribution < -0.4 is 10.5 Å². The molecule has 0 aliphatic carbocycles. The Labute approximate surface area is 115 Å². The number of pyridine rings is 1. The van der Waals surface area contributed by atoms with Gasteiger partial charge in [-0.15, -0.1) is 0 Å². The molecule has 0 amide bonds. The summed E-state index contributed by atoms with van der Waals surface area (Å²) in [7, 11) is 0. The first kappa shape index (κ1) is 13.8. The number of ether oxygens (including phenoxy) is 1. The summed E-state index contributed by atoms with van der Waals surface area (Å²) in [5, 5.41) is 18.0. The lowest BCUT2D eigenvalue weighted by atomic mass is 10.1. The third-order valence-electron chi connectivity index (χ3n) is 2.74. The highest BCUT2D eigenvalue weighted by molar-refractivity contribution is 5.94. The average Bonchev–Trinajstić information content (AvgIpc) is 2.43. The van der Waals surface area contributed by atoms with Gasteiger partial charge in [-0.25, -0.2) is 9.78 Å². The molecule has 0 bridgehead atoms. The number of nitrogens with two attached hydrogens (primary N) is 1. The quantitative estimate of drug-likeness (QED) is 0.766. The molecule has 2 rings (SSSR count). The zero-order chi connectivity index (χ0) is 14.5. The summed E-state index contributed by atoms with van der Waals surface area (Å²) in [6.07, 6.45) is 1.75. The molecule has 0 fully saturated rings. The van der Waals surface area contributed by atoms with E-state index < -0.39 is 5.97 Å². The van der Waals surface area contributed by atoms with E-state index >= 15 is 0 Å². The van der Waals surface area contributed by atoms with Crippen LogP contribution in [0.4, 0.5) is 5.69 Å². The molecule has 1 aromatic carbocycles. The maximum Gasteiger partial charge on any atom is 0.338 e. The number of carboxylic acid groups (broad SMARTS) is 1. The van der Waals surface area contributed by atoms with Gasteiger partial charge >= 0.3 is 5.97 Å². The van der Waals surface area contributed by atoms with Gasteiger partial charge in [-0.3, -0.25) is 0 Å². The van der Waals surface area contributed by atoms with Crippen molar-refractivity contribution in [3.8, 4) is 11.6 Å². The third kappa shape index (κ3) is 2.86. The SMILES string of the molecule is Nc1c(C(=O)O)ccnc1Oc1ccccc1CCO. The number of aliphatic hydroxyl groups is 1. The standard InChI is InChI=1S/C14H14N2O4/c15-12-10(14(18)19)5-7-16-13(12)20-11-4-2-1-3-9(11)6-8-17/h1-5,7,17H,6,8,15H2,(H,18,19). The van der Waals surface area contributed by atoms with Gasteiger partial charge in [-0.05, 0) is 24.1 Å². The van der Waals surface area contributed by atoms with Gasteiger partial charge in [0.15, 0.2) is 0 Å². The third-order valence-corrected chi connectivity index (χ3v) is 2.74. The summed E-state index contributed by atoms with van der Waals surface area (Å²) in [6, 6.07) is 8.42. The lowest BCUT2D eigenvalue weighted by molar-refractivity contribution is 0.0697. The first-order valence-corrected chi connectivity index (χ1v) is 5.98. The number of carbonyl (C=O) groups is 1. The molecule has 20 heavy (non-hydrogen) atoms. The Kier molecular flexibility index (Phi) is 4.17. The predicted octanol–water partition coefficient (Wildman–Crippen LogP) is 1.69. The number of anilines is 1. The minimum Gasteiger partial charge on any atom is -0.478 e. The summed E-state index contributed by atoms with van der Waals surface area (Å²) in [6.45, 7) is -0.0154. The molecule has 0 saturated heterocycles. The van der Waals surface area contributed by atoms with Gasteiger partial charge in [-0.2, -0.15) is 0 Å². The van der Waals surface area contributed by atoms with E-state index in [2.05, 4.69) is 4.98 Å². The van der Waals surface area contributed by atoms with Crippen LogP contribution >= 0.6 is 0 Å². The van der Waals surface area contributed by atoms with E-state index in [1.807, 2.05) is 12.1 Å². The van der Waals surface area contributed by atoms with E-state index in [0.29, 0.717) is 12.2 Å². The average molecular weight is 274 g/mol. The van der Waals surface area contributed by atoms with E-state index in [0.717, 1.165) is 5.56 Å². The van der Waals surface area contributed by atoms with E-state index in [-0.39, 0.29) is 23.7 Å². The van der Waals surface area contributed by atoms with Crippen LogP contribution in [0.2, 0.25) is 0 Å². The van der Waals surface area contributed by atoms with Crippen LogP contribution in [0.25, 0.3) is 0 Å². The number of hydrogen-bond acceptors (Lipinski definition) is 5. The number of nitrogen functional groups attached to an aromatic ring is 1. The summed E-state index contributed by atoms with van der Waals surface area (Å²) < 4.78 is 5.57. The Hall–Kier alpha value is -2.60. The molecule has 0 unspecified atom stereocenters. The van der Waals surface area contributed by atoms with Crippen LogP contribution in [0.1, 0.15) is 15.9 Å². The van der Waals surface area contributed by atoms with Crippen LogP contribution in [0, 0.1) is 0 Å². The van der Waals surface area contributed by atoms with Crippen molar-refractivity contribution < 1.29 is 19.7 Å². The van der Waals surface area contributed by atoms with Gasteiger partial charge < -0.3 is 20.7 Å². The maximum atomic E-state index is 11.0. The normalized spacial score (nSPS) is 10.2. The second-order valence-electron chi connectivity index (χ2n) is 4.07. The number of aliphatic hydroxyl groups excluding tert-OH is 1. The highest BCUT2D eigenvalue weighted by atomic mass is 16.5. The Morgan fingerprint density at radius 3 is 2.75 bits per heavy atom. The van der Waals surface area contributed by atoms with Crippen molar-refractivity contribution in [1.82, 2.24) is 4.98 Å². The van der Waals surface area contributed by atoms with Crippen molar-refractivity contribution in [1.29, 1.82) is 0 Å². The highest BCUT2D eigenvalue weighted by Crippen LogP contribution is 2.29. The molecule has 104 valence electrons. The zero-order valence-corrected chi connectivity index (χ0v) is 10.6. The van der Waals surface area contributed by atoms with Crippen molar-refractivity contribution >= 4 is 11.7 Å². The molecule has 1 aromatic heterocycles. The van der Waals surface area contributed by atoms with Crippen molar-refractivity contribution in [2.45, 2.75) is 6.42 Å². The number of para-hydroxylation sites is 1. The fourth-order valence-corrected chi connectivity index (χ4v) is 1.76. The second kappa shape index (κ2) is 6.03. The van der Waals surface area contributed by atoms with Crippen molar-refractivity contribution in [3.63, 3.8) is 0 Å². The molecular weight excluding hydrogens is 260 g/mol. The molecule has 0 aliphatic heterocycles. The van der Waals surface area contributed by atoms with Crippen molar-refractivity contribution in [2.24, 2.45) is 0 Å². The van der Waals surface area contributed by atoms with Gasteiger partial charge in [-0.1, -0.05) is 18.2 Å². The van der Waals surface area contributed by atoms with Crippen LogP contribution in [0.15, 0.2) is 36.5 Å². The Balaban J connectivity index is 2.35. The molecule has 6 nitrogen and oxygen atoms in total. The number of aromatic nitrogens is 1. The predicted molar refractivity (Wildman–Crippen MR) is 72.9 cm³/mol. The molecule has 0 spiro atoms. The van der Waals surface area contributed by atoms with Crippen LogP contribution in [-0.2, 0) is 6.42 Å². The lowest BCUT2D eigenvalue weighted by Crippen LogP contribution is -2.05. The molecular formula is C14H14N2O4. The smallest absolute Gasteiger partial charge is 0.338 e. The second-order valence-corrected chi connectivity index (χ2v) is 4.07. The molecule has 0 atom stereocenters. The fourth-order valence-electron chi connectivity index (χ4n) is 1.76. The number of aromatic carboxylic acids is 1. The number of benzene rings is 1. The topological polar surface area (TPSA) is 106 Å². The Morgan fingerprint density at radius 1 is 1.30 bits per heavy atom. The minimum atomic E-state index is -1.14. The maximum absolute atomic E-state index is 11.0. The van der Waals surface area contributed by atoms with E-state index in [9.17, 15) is 4.79 Å². The molecule has 4 N–H and O–H groups in total. The number of carboxylic acids is 1. The molecule has 0 radical (unpaired) electrons. The number of hydrogen-bond donors (Lipinski definition) is 3. The van der Waals surface area contributed by atoms with Gasteiger partial charge in [0.1, 0.15) is 11.4 Å². The zero-order valence-electron chi connectivity index (χ0n) is 10.6. The first-order chi connectivity index (χ1) is 9.63. The highest BCUT2D eigenvalue weighted by Gasteiger charge is 2.14. The van der Waals surface area contributed by atoms with Gasteiger partial charge in [0, 0.05) is 12.8 Å². The summed E-state index contributed by atoms with van der Waals surface area (Å²) in [4.78, 5) is 14.9. The van der Waals surface area contributed by atoms with E-state index in [1.165, 1.54) is 12.3 Å². The monoisotopic (exact) mass is 274 g/mol. The largest absolute Gasteiger partial charge is 0.478 e. The molecule has 0 saturated carbocycles. The molecule has 6 heteroatoms. The Bertz CT molecular complexity index is 628. The van der Waals surface area contributed by atoms with Crippen LogP contribution in [0.3, 0.4) is 0 Å². The van der Waals surface area contributed by atoms with E-state index in [4.69, 9.17) is 20.7 Å². The minimum absolute atomic E-state index is 0.0154. The molecule has 2 aromatic rings. The Morgan fingerprint density at radius 2 is 2.05 bits per heavy atom. The van der Waals surface area contributed by atoms with Gasteiger partial charge in [0.2, 0.25) is 5.88 Å². The fraction of sp³-hybridized carbons (Fsp3) is 0.143. The lowest BCUT2D eigenvalue weighted by Gasteiger charge is -2.12. The molecule has 0 aliphatic rings. The molecule has 1 heterocycles. The van der Waals surface area contributed by atoms with Gasteiger partial charge in [0.25, 0.3) is 0 Å². The van der Waals surface area contributed by atoms with Crippen molar-refractivity contribution in [3.05, 3.63) is 47.7 Å². The first-order valence-electron chi connectivity index (χ1n) is 5.98. The number of nitrogens with zero attached hydrogens (tertiary/aromatic N) is 1. The van der Waals surface area contributed by atoms with Gasteiger partial charge in [0.05, 0.1) is 5.56 Å². The van der Waals surface area contributed by atoms with Crippen LogP contribution in [-0.4, -0.2) is 27.8 Å². The summed E-state index contributed by atoms with van der Waals surface area (Å²) >= 11 is 0. The summed E-state index contributed by atoms with van der Waals surface area (Å²) in [5.74, 6) is -0.614. The van der Waals surface area contributed by atoms with Crippen LogP contribution in [0.5, 0.6) is 11.6 Å².